The third-order valence-electron chi connectivity index (χ3n) is 5.29. The molecule has 0 aliphatic carbocycles. The van der Waals surface area contributed by atoms with Gasteiger partial charge in [0.15, 0.2) is 0 Å². The summed E-state index contributed by atoms with van der Waals surface area (Å²) in [6.45, 7) is 5.25. The first-order valence-electron chi connectivity index (χ1n) is 9.74. The van der Waals surface area contributed by atoms with Crippen LogP contribution in [-0.4, -0.2) is 24.4 Å². The lowest BCUT2D eigenvalue weighted by atomic mass is 10.0. The molecule has 0 N–H and O–H groups in total. The van der Waals surface area contributed by atoms with Crippen molar-refractivity contribution in [2.75, 3.05) is 18.5 Å². The Morgan fingerprint density at radius 1 is 1.12 bits per heavy atom. The van der Waals surface area contributed by atoms with E-state index in [0.29, 0.717) is 18.2 Å². The highest BCUT2D eigenvalue weighted by Gasteiger charge is 2.29. The Morgan fingerprint density at radius 2 is 1.85 bits per heavy atom. The van der Waals surface area contributed by atoms with Gasteiger partial charge in [0.1, 0.15) is 0 Å². The van der Waals surface area contributed by atoms with E-state index in [4.69, 9.17) is 0 Å². The number of para-hydroxylation sites is 1. The Balaban J connectivity index is 1.77. The molecule has 1 aliphatic rings. The van der Waals surface area contributed by atoms with E-state index in [1.54, 1.807) is 0 Å². The fourth-order valence-corrected chi connectivity index (χ4v) is 3.71. The number of carbonyl (C=O) groups excluding carboxylic acids is 1. The van der Waals surface area contributed by atoms with Gasteiger partial charge < -0.3 is 9.80 Å². The maximum atomic E-state index is 12.7. The molecule has 1 saturated heterocycles. The van der Waals surface area contributed by atoms with Crippen molar-refractivity contribution in [2.45, 2.75) is 45.6 Å². The summed E-state index contributed by atoms with van der Waals surface area (Å²) in [5.74, 6) is 0.880. The van der Waals surface area contributed by atoms with Crippen molar-refractivity contribution in [3.05, 3.63) is 60.2 Å². The quantitative estimate of drug-likeness (QED) is 0.681. The second-order valence-corrected chi connectivity index (χ2v) is 7.67. The Kier molecular flexibility index (Phi) is 5.97. The van der Waals surface area contributed by atoms with Gasteiger partial charge in [0.05, 0.1) is 6.04 Å². The van der Waals surface area contributed by atoms with Crippen molar-refractivity contribution in [1.29, 1.82) is 0 Å². The van der Waals surface area contributed by atoms with E-state index in [1.807, 2.05) is 6.07 Å². The van der Waals surface area contributed by atoms with E-state index in [0.717, 1.165) is 31.5 Å². The van der Waals surface area contributed by atoms with E-state index in [9.17, 15) is 4.79 Å². The average molecular weight is 351 g/mol. The number of amides is 1. The number of rotatable bonds is 6. The van der Waals surface area contributed by atoms with E-state index in [-0.39, 0.29) is 6.04 Å². The summed E-state index contributed by atoms with van der Waals surface area (Å²) in [6, 6.07) is 19.3. The van der Waals surface area contributed by atoms with Crippen LogP contribution in [0.3, 0.4) is 0 Å². The van der Waals surface area contributed by atoms with Gasteiger partial charge in [-0.15, -0.1) is 0 Å². The minimum atomic E-state index is 0.221. The molecule has 1 fully saturated rings. The Labute approximate surface area is 157 Å². The topological polar surface area (TPSA) is 23.6 Å². The highest BCUT2D eigenvalue weighted by Crippen LogP contribution is 2.35. The summed E-state index contributed by atoms with van der Waals surface area (Å²) < 4.78 is 0. The number of likely N-dealkylation sites (tertiary alicyclic amines) is 1. The number of carbonyl (C=O) groups is 1. The number of anilines is 2. The molecule has 1 heterocycles. The van der Waals surface area contributed by atoms with E-state index >= 15 is 0 Å². The SMILES string of the molecule is CC(C)CCC(=O)N1CCC[C@H]1c1cccc(N(C)c2ccccc2)c1. The Hall–Kier alpha value is -2.29. The zero-order valence-corrected chi connectivity index (χ0v) is 16.2. The van der Waals surface area contributed by atoms with E-state index in [2.05, 4.69) is 79.2 Å². The van der Waals surface area contributed by atoms with Gasteiger partial charge in [-0.25, -0.2) is 0 Å². The van der Waals surface area contributed by atoms with Crippen LogP contribution in [0.2, 0.25) is 0 Å². The second-order valence-electron chi connectivity index (χ2n) is 7.67. The molecule has 0 radical (unpaired) electrons. The molecule has 2 aromatic rings. The van der Waals surface area contributed by atoms with E-state index < -0.39 is 0 Å². The van der Waals surface area contributed by atoms with Gasteiger partial charge in [-0.2, -0.15) is 0 Å². The zero-order valence-electron chi connectivity index (χ0n) is 16.2. The first kappa shape index (κ1) is 18.5. The maximum absolute atomic E-state index is 12.7. The smallest absolute Gasteiger partial charge is 0.223 e. The standard InChI is InChI=1S/C23H30N2O/c1-18(2)14-15-23(26)25-16-8-13-22(25)19-9-7-12-21(17-19)24(3)20-10-5-4-6-11-20/h4-7,9-12,17-18,22H,8,13-16H2,1-3H3/t22-/m0/s1. The van der Waals surface area contributed by atoms with Gasteiger partial charge >= 0.3 is 0 Å². The lowest BCUT2D eigenvalue weighted by Crippen LogP contribution is -2.30. The van der Waals surface area contributed by atoms with Gasteiger partial charge in [-0.3, -0.25) is 4.79 Å². The lowest BCUT2D eigenvalue weighted by molar-refractivity contribution is -0.132. The van der Waals surface area contributed by atoms with Gasteiger partial charge in [0, 0.05) is 31.4 Å². The largest absolute Gasteiger partial charge is 0.345 e. The van der Waals surface area contributed by atoms with Crippen molar-refractivity contribution < 1.29 is 4.79 Å². The van der Waals surface area contributed by atoms with Gasteiger partial charge in [0.2, 0.25) is 5.91 Å². The molecule has 3 heteroatoms. The third-order valence-corrected chi connectivity index (χ3v) is 5.29. The van der Waals surface area contributed by atoms with Crippen molar-refractivity contribution >= 4 is 17.3 Å². The molecule has 0 saturated carbocycles. The normalized spacial score (nSPS) is 16.9. The Morgan fingerprint density at radius 3 is 2.58 bits per heavy atom. The van der Waals surface area contributed by atoms with Crippen LogP contribution in [0.5, 0.6) is 0 Å². The van der Waals surface area contributed by atoms with Gasteiger partial charge in [-0.05, 0) is 55.0 Å². The third kappa shape index (κ3) is 4.27. The molecule has 0 bridgehead atoms. The molecule has 0 spiro atoms. The van der Waals surface area contributed by atoms with Crippen molar-refractivity contribution in [3.8, 4) is 0 Å². The highest BCUT2D eigenvalue weighted by atomic mass is 16.2. The Bertz CT molecular complexity index is 726. The molecule has 2 aromatic carbocycles. The predicted octanol–water partition coefficient (Wildman–Crippen LogP) is 5.55. The number of hydrogen-bond donors (Lipinski definition) is 0. The van der Waals surface area contributed by atoms with Crippen LogP contribution in [0.25, 0.3) is 0 Å². The number of benzene rings is 2. The molecule has 3 nitrogen and oxygen atoms in total. The summed E-state index contributed by atoms with van der Waals surface area (Å²) in [6.07, 6.45) is 3.79. The zero-order chi connectivity index (χ0) is 18.5. The van der Waals surface area contributed by atoms with Gasteiger partial charge in [0.25, 0.3) is 0 Å². The first-order chi connectivity index (χ1) is 12.6. The van der Waals surface area contributed by atoms with E-state index in [1.165, 1.54) is 11.3 Å². The molecular weight excluding hydrogens is 320 g/mol. The number of hydrogen-bond acceptors (Lipinski definition) is 2. The fraction of sp³-hybridized carbons (Fsp3) is 0.435. The molecule has 1 aliphatic heterocycles. The van der Waals surface area contributed by atoms with Crippen molar-refractivity contribution in [1.82, 2.24) is 4.90 Å². The predicted molar refractivity (Wildman–Crippen MR) is 109 cm³/mol. The minimum Gasteiger partial charge on any atom is -0.345 e. The summed E-state index contributed by atoms with van der Waals surface area (Å²) in [4.78, 5) is 17.0. The second kappa shape index (κ2) is 8.39. The molecule has 1 atom stereocenters. The molecule has 26 heavy (non-hydrogen) atoms. The minimum absolute atomic E-state index is 0.221. The highest BCUT2D eigenvalue weighted by molar-refractivity contribution is 5.77. The maximum Gasteiger partial charge on any atom is 0.223 e. The molecule has 0 aromatic heterocycles. The summed E-state index contributed by atoms with van der Waals surface area (Å²) >= 11 is 0. The van der Waals surface area contributed by atoms with Crippen LogP contribution in [0.15, 0.2) is 54.6 Å². The number of nitrogens with zero attached hydrogens (tertiary/aromatic N) is 2. The van der Waals surface area contributed by atoms with Crippen LogP contribution in [-0.2, 0) is 4.79 Å². The summed E-state index contributed by atoms with van der Waals surface area (Å²) in [5.41, 5.74) is 3.58. The summed E-state index contributed by atoms with van der Waals surface area (Å²) in [7, 11) is 2.09. The fourth-order valence-electron chi connectivity index (χ4n) is 3.71. The molecular formula is C23H30N2O. The van der Waals surface area contributed by atoms with Crippen molar-refractivity contribution in [3.63, 3.8) is 0 Å². The molecule has 138 valence electrons. The van der Waals surface area contributed by atoms with Crippen LogP contribution in [0.1, 0.15) is 51.1 Å². The molecule has 0 unspecified atom stereocenters. The van der Waals surface area contributed by atoms with Crippen LogP contribution in [0, 0.1) is 5.92 Å². The van der Waals surface area contributed by atoms with Crippen LogP contribution >= 0.6 is 0 Å². The van der Waals surface area contributed by atoms with Crippen LogP contribution < -0.4 is 4.90 Å². The van der Waals surface area contributed by atoms with Crippen LogP contribution in [0.4, 0.5) is 11.4 Å². The lowest BCUT2D eigenvalue weighted by Gasteiger charge is -2.27. The van der Waals surface area contributed by atoms with Gasteiger partial charge in [-0.1, -0.05) is 44.2 Å². The first-order valence-corrected chi connectivity index (χ1v) is 9.74. The molecule has 3 rings (SSSR count). The molecule has 1 amide bonds. The summed E-state index contributed by atoms with van der Waals surface area (Å²) in [5, 5.41) is 0. The monoisotopic (exact) mass is 350 g/mol. The average Bonchev–Trinajstić information content (AvgIpc) is 3.16. The van der Waals surface area contributed by atoms with Crippen molar-refractivity contribution in [2.24, 2.45) is 5.92 Å².